The van der Waals surface area contributed by atoms with E-state index in [2.05, 4.69) is 4.74 Å². The molecule has 0 aromatic heterocycles. The summed E-state index contributed by atoms with van der Waals surface area (Å²) in [5, 5.41) is 0. The van der Waals surface area contributed by atoms with Crippen molar-refractivity contribution in [2.24, 2.45) is 0 Å². The highest BCUT2D eigenvalue weighted by Gasteiger charge is 2.84. The fraction of sp³-hybridized carbons (Fsp3) is 1.00. The van der Waals surface area contributed by atoms with Gasteiger partial charge in [0, 0.05) is 7.11 Å². The molecule has 0 unspecified atom stereocenters. The van der Waals surface area contributed by atoms with Crippen molar-refractivity contribution in [3.05, 3.63) is 0 Å². The van der Waals surface area contributed by atoms with Gasteiger partial charge in [-0.15, -0.1) is 8.78 Å². The predicted octanol–water partition coefficient (Wildman–Crippen LogP) is 3.63. The molecule has 116 valence electrons. The Bertz CT molecular complexity index is 320. The molecule has 13 heteroatoms. The molecule has 2 nitrogen and oxygen atoms in total. The lowest BCUT2D eigenvalue weighted by atomic mass is 10.1. The molecule has 0 N–H and O–H groups in total. The lowest BCUT2D eigenvalue weighted by Gasteiger charge is -2.33. The summed E-state index contributed by atoms with van der Waals surface area (Å²) in [7, 11) is -0.0455. The van der Waals surface area contributed by atoms with Crippen LogP contribution in [0.4, 0.5) is 48.3 Å². The Hall–Kier alpha value is -0.850. The summed E-state index contributed by atoms with van der Waals surface area (Å²) in [4.78, 5) is 0. The number of alkyl halides is 11. The van der Waals surface area contributed by atoms with E-state index in [1.807, 2.05) is 4.74 Å². The molecule has 0 fully saturated rings. The second-order valence-corrected chi connectivity index (χ2v) is 2.93. The van der Waals surface area contributed by atoms with Crippen molar-refractivity contribution in [2.45, 2.75) is 30.4 Å². The van der Waals surface area contributed by atoms with Gasteiger partial charge in [0.1, 0.15) is 0 Å². The highest BCUT2D eigenvalue weighted by Crippen LogP contribution is 2.54. The molecule has 0 saturated carbocycles. The average molecular weight is 316 g/mol. The van der Waals surface area contributed by atoms with Gasteiger partial charge in [-0.25, -0.2) is 4.74 Å². The minimum absolute atomic E-state index is 0.0455. The molecule has 0 radical (unpaired) electrons. The summed E-state index contributed by atoms with van der Waals surface area (Å²) in [5.74, 6) is -14.6. The van der Waals surface area contributed by atoms with Gasteiger partial charge in [0.15, 0.2) is 0 Å². The van der Waals surface area contributed by atoms with Crippen LogP contribution in [-0.2, 0) is 9.47 Å². The van der Waals surface area contributed by atoms with Gasteiger partial charge in [-0.1, -0.05) is 0 Å². The lowest BCUT2D eigenvalue weighted by Crippen LogP contribution is -2.62. The van der Waals surface area contributed by atoms with E-state index in [0.29, 0.717) is 0 Å². The molecular formula is C6H3F11O2. The summed E-state index contributed by atoms with van der Waals surface area (Å²) < 4.78 is 137. The maximum atomic E-state index is 12.4. The average Bonchev–Trinajstić information content (AvgIpc) is 2.13. The second kappa shape index (κ2) is 4.61. The zero-order valence-corrected chi connectivity index (χ0v) is 8.47. The number of halogens is 11. The van der Waals surface area contributed by atoms with Gasteiger partial charge >= 0.3 is 30.4 Å². The first-order chi connectivity index (χ1) is 8.02. The van der Waals surface area contributed by atoms with Crippen LogP contribution in [0.2, 0.25) is 0 Å². The van der Waals surface area contributed by atoms with E-state index in [9.17, 15) is 48.3 Å². The van der Waals surface area contributed by atoms with Crippen LogP contribution in [-0.4, -0.2) is 37.5 Å². The molecular weight excluding hydrogens is 313 g/mol. The fourth-order valence-corrected chi connectivity index (χ4v) is 0.616. The summed E-state index contributed by atoms with van der Waals surface area (Å²) >= 11 is 0. The Morgan fingerprint density at radius 1 is 0.632 bits per heavy atom. The summed E-state index contributed by atoms with van der Waals surface area (Å²) in [6.45, 7) is 0. The predicted molar refractivity (Wildman–Crippen MR) is 33.9 cm³/mol. The standard InChI is InChI=1S/C6H3F11O2/c1-18-6(16,17)19-5(14,15)3(9,10)2(7,8)4(11,12)13/h1H3. The molecule has 0 saturated heterocycles. The van der Waals surface area contributed by atoms with Crippen LogP contribution in [0.15, 0.2) is 0 Å². The van der Waals surface area contributed by atoms with Crippen LogP contribution in [0, 0.1) is 0 Å². The maximum absolute atomic E-state index is 12.4. The zero-order valence-electron chi connectivity index (χ0n) is 8.47. The third kappa shape index (κ3) is 3.19. The number of methoxy groups -OCH3 is 1. The number of hydrogen-bond donors (Lipinski definition) is 0. The Labute approximate surface area is 96.6 Å². The molecule has 0 aliphatic rings. The first-order valence-corrected chi connectivity index (χ1v) is 3.85. The molecule has 19 heavy (non-hydrogen) atoms. The van der Waals surface area contributed by atoms with Gasteiger partial charge in [0.25, 0.3) is 0 Å². The van der Waals surface area contributed by atoms with Crippen LogP contribution in [0.5, 0.6) is 0 Å². The van der Waals surface area contributed by atoms with Crippen molar-refractivity contribution >= 4 is 0 Å². The van der Waals surface area contributed by atoms with E-state index in [1.165, 1.54) is 0 Å². The first kappa shape index (κ1) is 18.1. The number of rotatable bonds is 5. The molecule has 0 aromatic rings. The van der Waals surface area contributed by atoms with Gasteiger partial charge in [0.05, 0.1) is 0 Å². The van der Waals surface area contributed by atoms with E-state index < -0.39 is 30.4 Å². The van der Waals surface area contributed by atoms with Crippen molar-refractivity contribution in [1.82, 2.24) is 0 Å². The second-order valence-electron chi connectivity index (χ2n) is 2.93. The molecule has 0 rings (SSSR count). The van der Waals surface area contributed by atoms with Crippen molar-refractivity contribution in [3.63, 3.8) is 0 Å². The highest BCUT2D eigenvalue weighted by molar-refractivity contribution is 4.96. The first-order valence-electron chi connectivity index (χ1n) is 3.85. The van der Waals surface area contributed by atoms with Crippen molar-refractivity contribution in [3.8, 4) is 0 Å². The van der Waals surface area contributed by atoms with Crippen molar-refractivity contribution < 1.29 is 57.8 Å². The van der Waals surface area contributed by atoms with Gasteiger partial charge < -0.3 is 0 Å². The Kier molecular flexibility index (Phi) is 4.40. The van der Waals surface area contributed by atoms with Crippen LogP contribution in [0.1, 0.15) is 0 Å². The molecule has 0 bridgehead atoms. The molecule has 0 amide bonds. The summed E-state index contributed by atoms with van der Waals surface area (Å²) in [6, 6.07) is 0. The van der Waals surface area contributed by atoms with Crippen molar-refractivity contribution in [2.75, 3.05) is 7.11 Å². The van der Waals surface area contributed by atoms with Gasteiger partial charge in [-0.05, 0) is 0 Å². The van der Waals surface area contributed by atoms with E-state index >= 15 is 0 Å². The summed E-state index contributed by atoms with van der Waals surface area (Å²) in [5.41, 5.74) is 0. The minimum Gasteiger partial charge on any atom is -0.299 e. The Morgan fingerprint density at radius 3 is 1.26 bits per heavy atom. The van der Waals surface area contributed by atoms with Crippen LogP contribution >= 0.6 is 0 Å². The SMILES string of the molecule is COC(F)(F)OC(F)(F)C(F)(F)C(F)(F)C(F)(F)F. The third-order valence-corrected chi connectivity index (χ3v) is 1.60. The minimum atomic E-state index is -7.31. The monoisotopic (exact) mass is 316 g/mol. The number of hydrogen-bond acceptors (Lipinski definition) is 2. The molecule has 0 aliphatic heterocycles. The molecule has 0 heterocycles. The molecule has 0 spiro atoms. The fourth-order valence-electron chi connectivity index (χ4n) is 0.616. The molecule has 0 atom stereocenters. The van der Waals surface area contributed by atoms with Crippen LogP contribution in [0.3, 0.4) is 0 Å². The maximum Gasteiger partial charge on any atom is 0.490 e. The van der Waals surface area contributed by atoms with E-state index in [0.717, 1.165) is 0 Å². The zero-order chi connectivity index (χ0) is 15.9. The van der Waals surface area contributed by atoms with E-state index in [-0.39, 0.29) is 7.11 Å². The normalized spacial score (nSPS) is 15.8. The summed E-state index contributed by atoms with van der Waals surface area (Å²) in [6.07, 6.45) is -19.5. The Morgan fingerprint density at radius 2 is 1.00 bits per heavy atom. The van der Waals surface area contributed by atoms with Gasteiger partial charge in [0.2, 0.25) is 0 Å². The Balaban J connectivity index is 5.52. The molecule has 0 aromatic carbocycles. The van der Waals surface area contributed by atoms with Crippen LogP contribution < -0.4 is 0 Å². The van der Waals surface area contributed by atoms with E-state index in [1.54, 1.807) is 0 Å². The molecule has 0 aliphatic carbocycles. The quantitative estimate of drug-likeness (QED) is 0.570. The van der Waals surface area contributed by atoms with Crippen molar-refractivity contribution in [1.29, 1.82) is 0 Å². The van der Waals surface area contributed by atoms with Gasteiger partial charge in [-0.2, -0.15) is 39.5 Å². The number of ether oxygens (including phenoxy) is 2. The highest BCUT2D eigenvalue weighted by atomic mass is 19.4. The third-order valence-electron chi connectivity index (χ3n) is 1.60. The largest absolute Gasteiger partial charge is 0.490 e. The lowest BCUT2D eigenvalue weighted by molar-refractivity contribution is -0.520. The van der Waals surface area contributed by atoms with Crippen LogP contribution in [0.25, 0.3) is 0 Å². The smallest absolute Gasteiger partial charge is 0.299 e. The topological polar surface area (TPSA) is 18.5 Å². The van der Waals surface area contributed by atoms with E-state index in [4.69, 9.17) is 0 Å². The van der Waals surface area contributed by atoms with Gasteiger partial charge in [-0.3, -0.25) is 4.74 Å².